The number of hydrogen-bond donors (Lipinski definition) is 1. The summed E-state index contributed by atoms with van der Waals surface area (Å²) in [5.41, 5.74) is 2.86. The van der Waals surface area contributed by atoms with Crippen LogP contribution in [-0.4, -0.2) is 21.9 Å². The number of rotatable bonds is 3. The molecular weight excluding hydrogens is 262 g/mol. The van der Waals surface area contributed by atoms with Crippen LogP contribution in [0.4, 0.5) is 0 Å². The first kappa shape index (κ1) is 11.9. The van der Waals surface area contributed by atoms with E-state index in [0.29, 0.717) is 5.15 Å². The van der Waals surface area contributed by atoms with Crippen LogP contribution in [-0.2, 0) is 0 Å². The van der Waals surface area contributed by atoms with E-state index < -0.39 is 0 Å². The zero-order chi connectivity index (χ0) is 13.2. The number of methoxy groups -OCH3 is 1. The number of hydrogen-bond acceptors (Lipinski definition) is 2. The summed E-state index contributed by atoms with van der Waals surface area (Å²) in [6.07, 6.45) is 3.61. The highest BCUT2D eigenvalue weighted by molar-refractivity contribution is 6.29. The Morgan fingerprint density at radius 1 is 1.26 bits per heavy atom. The van der Waals surface area contributed by atoms with Crippen molar-refractivity contribution in [2.45, 2.75) is 0 Å². The molecule has 0 aliphatic rings. The Morgan fingerprint density at radius 3 is 2.79 bits per heavy atom. The van der Waals surface area contributed by atoms with Gasteiger partial charge in [0.15, 0.2) is 0 Å². The van der Waals surface area contributed by atoms with Crippen LogP contribution in [0.25, 0.3) is 16.9 Å². The molecule has 5 heteroatoms. The molecule has 0 radical (unpaired) electrons. The standard InChI is InChI=1S/C14H12ClN3O/c1-19-13-9-10(11-4-6-14(15)17-11)3-5-12(13)18-8-2-7-16-18/h2-9,17H,1H3. The van der Waals surface area contributed by atoms with E-state index in [1.165, 1.54) is 0 Å². The molecule has 3 aromatic rings. The number of aromatic nitrogens is 3. The minimum atomic E-state index is 0.616. The maximum absolute atomic E-state index is 5.90. The lowest BCUT2D eigenvalue weighted by molar-refractivity contribution is 0.412. The molecule has 0 saturated heterocycles. The molecule has 2 heterocycles. The molecule has 3 rings (SSSR count). The van der Waals surface area contributed by atoms with Crippen LogP contribution in [0.1, 0.15) is 0 Å². The zero-order valence-electron chi connectivity index (χ0n) is 10.3. The van der Waals surface area contributed by atoms with Gasteiger partial charge in [0.25, 0.3) is 0 Å². The van der Waals surface area contributed by atoms with Gasteiger partial charge in [0.2, 0.25) is 0 Å². The van der Waals surface area contributed by atoms with Crippen LogP contribution in [0.5, 0.6) is 5.75 Å². The van der Waals surface area contributed by atoms with E-state index in [9.17, 15) is 0 Å². The molecule has 0 aliphatic carbocycles. The second-order valence-electron chi connectivity index (χ2n) is 4.06. The van der Waals surface area contributed by atoms with E-state index in [1.54, 1.807) is 18.0 Å². The van der Waals surface area contributed by atoms with Gasteiger partial charge in [0.05, 0.1) is 7.11 Å². The second kappa shape index (κ2) is 4.82. The van der Waals surface area contributed by atoms with Crippen LogP contribution in [0.15, 0.2) is 48.8 Å². The van der Waals surface area contributed by atoms with Gasteiger partial charge in [-0.3, -0.25) is 0 Å². The molecule has 0 fully saturated rings. The number of nitrogens with zero attached hydrogens (tertiary/aromatic N) is 2. The third kappa shape index (κ3) is 2.22. The van der Waals surface area contributed by atoms with Crippen molar-refractivity contribution >= 4 is 11.6 Å². The minimum Gasteiger partial charge on any atom is -0.494 e. The average Bonchev–Trinajstić information content (AvgIpc) is 3.09. The molecular formula is C14H12ClN3O. The molecule has 96 valence electrons. The number of benzene rings is 1. The molecule has 0 aliphatic heterocycles. The topological polar surface area (TPSA) is 42.8 Å². The quantitative estimate of drug-likeness (QED) is 0.793. The highest BCUT2D eigenvalue weighted by Gasteiger charge is 2.08. The van der Waals surface area contributed by atoms with Gasteiger partial charge in [0.1, 0.15) is 16.6 Å². The Balaban J connectivity index is 2.07. The van der Waals surface area contributed by atoms with Crippen LogP contribution in [0, 0.1) is 0 Å². The SMILES string of the molecule is COc1cc(-c2ccc(Cl)[nH]2)ccc1-n1cccn1. The first-order chi connectivity index (χ1) is 9.28. The molecule has 4 nitrogen and oxygen atoms in total. The van der Waals surface area contributed by atoms with Crippen LogP contribution in [0.3, 0.4) is 0 Å². The number of H-pyrrole nitrogens is 1. The molecule has 1 N–H and O–H groups in total. The van der Waals surface area contributed by atoms with Crippen molar-refractivity contribution in [1.29, 1.82) is 0 Å². The van der Waals surface area contributed by atoms with Gasteiger partial charge in [-0.25, -0.2) is 4.68 Å². The summed E-state index contributed by atoms with van der Waals surface area (Å²) in [7, 11) is 1.65. The van der Waals surface area contributed by atoms with E-state index in [1.807, 2.05) is 42.6 Å². The van der Waals surface area contributed by atoms with Crippen LogP contribution >= 0.6 is 11.6 Å². The van der Waals surface area contributed by atoms with Gasteiger partial charge in [-0.05, 0) is 30.3 Å². The summed E-state index contributed by atoms with van der Waals surface area (Å²) < 4.78 is 7.20. The smallest absolute Gasteiger partial charge is 0.145 e. The normalized spacial score (nSPS) is 10.6. The Morgan fingerprint density at radius 2 is 2.16 bits per heavy atom. The highest BCUT2D eigenvalue weighted by Crippen LogP contribution is 2.29. The highest BCUT2D eigenvalue weighted by atomic mass is 35.5. The van der Waals surface area contributed by atoms with Crippen molar-refractivity contribution in [2.75, 3.05) is 7.11 Å². The van der Waals surface area contributed by atoms with Gasteiger partial charge >= 0.3 is 0 Å². The third-order valence-corrected chi connectivity index (χ3v) is 3.11. The number of halogens is 1. The molecule has 0 spiro atoms. The lowest BCUT2D eigenvalue weighted by Gasteiger charge is -2.10. The summed E-state index contributed by atoms with van der Waals surface area (Å²) in [5, 5.41) is 4.83. The summed E-state index contributed by atoms with van der Waals surface area (Å²) in [6.45, 7) is 0. The van der Waals surface area contributed by atoms with Crippen molar-refractivity contribution < 1.29 is 4.74 Å². The lowest BCUT2D eigenvalue weighted by atomic mass is 10.1. The molecule has 2 aromatic heterocycles. The third-order valence-electron chi connectivity index (χ3n) is 2.89. The summed E-state index contributed by atoms with van der Waals surface area (Å²) in [5.74, 6) is 0.756. The molecule has 0 bridgehead atoms. The van der Waals surface area contributed by atoms with E-state index in [0.717, 1.165) is 22.7 Å². The van der Waals surface area contributed by atoms with E-state index in [-0.39, 0.29) is 0 Å². The van der Waals surface area contributed by atoms with E-state index in [4.69, 9.17) is 16.3 Å². The van der Waals surface area contributed by atoms with Gasteiger partial charge < -0.3 is 9.72 Å². The molecule has 0 atom stereocenters. The fourth-order valence-electron chi connectivity index (χ4n) is 1.98. The van der Waals surface area contributed by atoms with E-state index in [2.05, 4.69) is 10.1 Å². The van der Waals surface area contributed by atoms with Gasteiger partial charge in [-0.2, -0.15) is 5.10 Å². The predicted octanol–water partition coefficient (Wildman–Crippen LogP) is 3.53. The number of ether oxygens (including phenoxy) is 1. The summed E-state index contributed by atoms with van der Waals surface area (Å²) in [4.78, 5) is 3.09. The summed E-state index contributed by atoms with van der Waals surface area (Å²) >= 11 is 5.90. The zero-order valence-corrected chi connectivity index (χ0v) is 11.1. The maximum atomic E-state index is 5.90. The maximum Gasteiger partial charge on any atom is 0.145 e. The van der Waals surface area contributed by atoms with Crippen molar-refractivity contribution in [3.63, 3.8) is 0 Å². The van der Waals surface area contributed by atoms with E-state index >= 15 is 0 Å². The minimum absolute atomic E-state index is 0.616. The summed E-state index contributed by atoms with van der Waals surface area (Å²) in [6, 6.07) is 11.6. The average molecular weight is 274 g/mol. The molecule has 0 saturated carbocycles. The lowest BCUT2D eigenvalue weighted by Crippen LogP contribution is -1.98. The van der Waals surface area contributed by atoms with Crippen LogP contribution in [0.2, 0.25) is 5.15 Å². The Labute approximate surface area is 115 Å². The number of aromatic amines is 1. The Hall–Kier alpha value is -2.20. The van der Waals surface area contributed by atoms with Crippen molar-refractivity contribution in [3.8, 4) is 22.7 Å². The van der Waals surface area contributed by atoms with Gasteiger partial charge in [-0.15, -0.1) is 0 Å². The largest absolute Gasteiger partial charge is 0.494 e. The molecule has 1 aromatic carbocycles. The fourth-order valence-corrected chi connectivity index (χ4v) is 2.15. The van der Waals surface area contributed by atoms with Crippen molar-refractivity contribution in [3.05, 3.63) is 53.9 Å². The Kier molecular flexibility index (Phi) is 3.01. The predicted molar refractivity (Wildman–Crippen MR) is 74.9 cm³/mol. The van der Waals surface area contributed by atoms with Crippen LogP contribution < -0.4 is 4.74 Å². The monoisotopic (exact) mass is 273 g/mol. The first-order valence-electron chi connectivity index (χ1n) is 5.81. The molecule has 0 unspecified atom stereocenters. The molecule has 19 heavy (non-hydrogen) atoms. The fraction of sp³-hybridized carbons (Fsp3) is 0.0714. The van der Waals surface area contributed by atoms with Gasteiger partial charge in [0, 0.05) is 23.7 Å². The first-order valence-corrected chi connectivity index (χ1v) is 6.18. The second-order valence-corrected chi connectivity index (χ2v) is 4.46. The van der Waals surface area contributed by atoms with Gasteiger partial charge in [-0.1, -0.05) is 17.7 Å². The van der Waals surface area contributed by atoms with Crippen molar-refractivity contribution in [1.82, 2.24) is 14.8 Å². The van der Waals surface area contributed by atoms with Crippen molar-refractivity contribution in [2.24, 2.45) is 0 Å². The molecule has 0 amide bonds. The Bertz CT molecular complexity index is 689. The number of nitrogens with one attached hydrogen (secondary N) is 1.